The van der Waals surface area contributed by atoms with Gasteiger partial charge in [-0.3, -0.25) is 0 Å². The van der Waals surface area contributed by atoms with Crippen LogP contribution in [0.15, 0.2) is 0 Å². The molecule has 0 N–H and O–H groups in total. The van der Waals surface area contributed by atoms with Crippen LogP contribution in [0.2, 0.25) is 0 Å². The maximum Gasteiger partial charge on any atom is 0.405 e. The van der Waals surface area contributed by atoms with E-state index in [0.29, 0.717) is 0 Å². The van der Waals surface area contributed by atoms with E-state index in [1.807, 2.05) is 0 Å². The first-order valence-corrected chi connectivity index (χ1v) is 3.59. The molecule has 0 spiro atoms. The first kappa shape index (κ1) is 11.6. The Hall–Kier alpha value is -0.500. The van der Waals surface area contributed by atoms with Gasteiger partial charge in [0.1, 0.15) is 0 Å². The van der Waals surface area contributed by atoms with Gasteiger partial charge in [0.05, 0.1) is 13.2 Å². The van der Waals surface area contributed by atoms with Gasteiger partial charge in [-0.05, 0) is 0 Å². The van der Waals surface area contributed by atoms with E-state index in [9.17, 15) is 26.3 Å². The molecule has 14 heavy (non-hydrogen) atoms. The zero-order chi connectivity index (χ0) is 11.0. The van der Waals surface area contributed by atoms with E-state index in [2.05, 4.69) is 9.47 Å². The Kier molecular flexibility index (Phi) is 2.96. The largest absolute Gasteiger partial charge is 0.405 e. The van der Waals surface area contributed by atoms with Crippen molar-refractivity contribution >= 4 is 0 Å². The van der Waals surface area contributed by atoms with Crippen molar-refractivity contribution in [3.8, 4) is 0 Å². The fourth-order valence-electron chi connectivity index (χ4n) is 1.06. The Labute approximate surface area is 74.8 Å². The first-order chi connectivity index (χ1) is 6.23. The van der Waals surface area contributed by atoms with Gasteiger partial charge in [-0.25, -0.2) is 0 Å². The van der Waals surface area contributed by atoms with Crippen molar-refractivity contribution in [1.82, 2.24) is 0 Å². The summed E-state index contributed by atoms with van der Waals surface area (Å²) in [6, 6.07) is 0. The highest BCUT2D eigenvalue weighted by atomic mass is 19.4. The lowest BCUT2D eigenvalue weighted by atomic mass is 10.1. The second kappa shape index (κ2) is 3.58. The third kappa shape index (κ3) is 2.50. The van der Waals surface area contributed by atoms with E-state index in [1.54, 1.807) is 0 Å². The monoisotopic (exact) mass is 224 g/mol. The number of ether oxygens (including phenoxy) is 2. The van der Waals surface area contributed by atoms with Crippen molar-refractivity contribution in [2.45, 2.75) is 18.6 Å². The Balaban J connectivity index is 2.82. The lowest BCUT2D eigenvalue weighted by Crippen LogP contribution is -2.45. The molecule has 2 nitrogen and oxygen atoms in total. The third-order valence-corrected chi connectivity index (χ3v) is 1.63. The van der Waals surface area contributed by atoms with Crippen LogP contribution < -0.4 is 0 Å². The van der Waals surface area contributed by atoms with Crippen LogP contribution in [-0.4, -0.2) is 31.9 Å². The minimum absolute atomic E-state index is 0.257. The average Bonchev–Trinajstić information content (AvgIpc) is 2.31. The highest BCUT2D eigenvalue weighted by molar-refractivity contribution is 4.80. The molecule has 1 aliphatic rings. The maximum atomic E-state index is 12.0. The summed E-state index contributed by atoms with van der Waals surface area (Å²) in [7, 11) is 0. The van der Waals surface area contributed by atoms with Gasteiger partial charge in [-0.15, -0.1) is 0 Å². The highest BCUT2D eigenvalue weighted by Gasteiger charge is 2.62. The van der Waals surface area contributed by atoms with Crippen molar-refractivity contribution in [3.63, 3.8) is 0 Å². The van der Waals surface area contributed by atoms with Gasteiger partial charge in [0.25, 0.3) is 0 Å². The van der Waals surface area contributed by atoms with Gasteiger partial charge in [-0.2, -0.15) is 26.3 Å². The molecule has 0 saturated carbocycles. The number of alkyl halides is 6. The fraction of sp³-hybridized carbons (Fsp3) is 1.00. The van der Waals surface area contributed by atoms with Crippen LogP contribution in [0.5, 0.6) is 0 Å². The minimum Gasteiger partial charge on any atom is -0.349 e. The molecule has 1 saturated heterocycles. The standard InChI is InChI=1S/C6H6F6O2/c7-5(8,9)3(6(10,11)12)4-13-1-2-14-4/h3-4H,1-2H2. The summed E-state index contributed by atoms with van der Waals surface area (Å²) in [4.78, 5) is 0. The number of hydrogen-bond donors (Lipinski definition) is 0. The summed E-state index contributed by atoms with van der Waals surface area (Å²) < 4.78 is 80.3. The van der Waals surface area contributed by atoms with Crippen LogP contribution in [-0.2, 0) is 9.47 Å². The zero-order valence-corrected chi connectivity index (χ0v) is 6.65. The molecule has 0 aromatic rings. The molecule has 0 aromatic heterocycles. The molecule has 0 atom stereocenters. The molecule has 0 amide bonds. The van der Waals surface area contributed by atoms with Gasteiger partial charge in [0.15, 0.2) is 6.29 Å². The predicted octanol–water partition coefficient (Wildman–Crippen LogP) is 2.10. The molecule has 8 heteroatoms. The average molecular weight is 224 g/mol. The molecule has 1 fully saturated rings. The third-order valence-electron chi connectivity index (χ3n) is 1.63. The first-order valence-electron chi connectivity index (χ1n) is 3.59. The SMILES string of the molecule is FC(F)(F)C(C1OCCO1)C(F)(F)F. The van der Waals surface area contributed by atoms with Crippen LogP contribution >= 0.6 is 0 Å². The van der Waals surface area contributed by atoms with Gasteiger partial charge in [-0.1, -0.05) is 0 Å². The van der Waals surface area contributed by atoms with E-state index in [-0.39, 0.29) is 13.2 Å². The van der Waals surface area contributed by atoms with Crippen LogP contribution in [0.25, 0.3) is 0 Å². The Morgan fingerprint density at radius 2 is 1.21 bits per heavy atom. The van der Waals surface area contributed by atoms with E-state index >= 15 is 0 Å². The van der Waals surface area contributed by atoms with E-state index < -0.39 is 24.6 Å². The lowest BCUT2D eigenvalue weighted by Gasteiger charge is -2.26. The van der Waals surface area contributed by atoms with Crippen molar-refractivity contribution in [3.05, 3.63) is 0 Å². The second-order valence-electron chi connectivity index (χ2n) is 2.67. The molecule has 1 heterocycles. The quantitative estimate of drug-likeness (QED) is 0.635. The highest BCUT2D eigenvalue weighted by Crippen LogP contribution is 2.43. The molecule has 1 rings (SSSR count). The molecular formula is C6H6F6O2. The molecular weight excluding hydrogens is 218 g/mol. The van der Waals surface area contributed by atoms with E-state index in [1.165, 1.54) is 0 Å². The van der Waals surface area contributed by atoms with E-state index in [0.717, 1.165) is 0 Å². The van der Waals surface area contributed by atoms with Crippen LogP contribution in [0.4, 0.5) is 26.3 Å². The summed E-state index contributed by atoms with van der Waals surface area (Å²) in [5.41, 5.74) is 0. The molecule has 0 aromatic carbocycles. The molecule has 0 radical (unpaired) electrons. The van der Waals surface area contributed by atoms with Gasteiger partial charge in [0, 0.05) is 0 Å². The molecule has 0 unspecified atom stereocenters. The summed E-state index contributed by atoms with van der Waals surface area (Å²) >= 11 is 0. The van der Waals surface area contributed by atoms with Gasteiger partial charge in [0.2, 0.25) is 5.92 Å². The summed E-state index contributed by atoms with van der Waals surface area (Å²) in [6.45, 7) is -0.513. The normalized spacial score (nSPS) is 20.8. The van der Waals surface area contributed by atoms with Crippen molar-refractivity contribution in [2.75, 3.05) is 13.2 Å². The molecule has 1 aliphatic heterocycles. The van der Waals surface area contributed by atoms with Crippen LogP contribution in [0, 0.1) is 5.92 Å². The van der Waals surface area contributed by atoms with Gasteiger partial charge >= 0.3 is 12.4 Å². The van der Waals surface area contributed by atoms with Crippen LogP contribution in [0.3, 0.4) is 0 Å². The molecule has 0 bridgehead atoms. The maximum absolute atomic E-state index is 12.0. The Morgan fingerprint density at radius 3 is 1.50 bits per heavy atom. The lowest BCUT2D eigenvalue weighted by molar-refractivity contribution is -0.331. The minimum atomic E-state index is -5.41. The topological polar surface area (TPSA) is 18.5 Å². The van der Waals surface area contributed by atoms with Crippen molar-refractivity contribution < 1.29 is 35.8 Å². The van der Waals surface area contributed by atoms with Crippen molar-refractivity contribution in [2.24, 2.45) is 5.92 Å². The number of hydrogen-bond acceptors (Lipinski definition) is 2. The Morgan fingerprint density at radius 1 is 0.857 bits per heavy atom. The number of halogens is 6. The van der Waals surface area contributed by atoms with E-state index in [4.69, 9.17) is 0 Å². The van der Waals surface area contributed by atoms with Gasteiger partial charge < -0.3 is 9.47 Å². The van der Waals surface area contributed by atoms with Crippen LogP contribution in [0.1, 0.15) is 0 Å². The Bertz CT molecular complexity index is 177. The molecule has 84 valence electrons. The smallest absolute Gasteiger partial charge is 0.349 e. The summed E-state index contributed by atoms with van der Waals surface area (Å²) in [5, 5.41) is 0. The van der Waals surface area contributed by atoms with Crippen molar-refractivity contribution in [1.29, 1.82) is 0 Å². The molecule has 0 aliphatic carbocycles. The number of rotatable bonds is 1. The second-order valence-corrected chi connectivity index (χ2v) is 2.67. The summed E-state index contributed by atoms with van der Waals surface area (Å²) in [6.07, 6.45) is -13.1. The zero-order valence-electron chi connectivity index (χ0n) is 6.65. The summed E-state index contributed by atoms with van der Waals surface area (Å²) in [5.74, 6) is -3.57. The fourth-order valence-corrected chi connectivity index (χ4v) is 1.06. The predicted molar refractivity (Wildman–Crippen MR) is 31.3 cm³/mol.